The Labute approximate surface area is 142 Å². The molecule has 0 aromatic heterocycles. The van der Waals surface area contributed by atoms with Crippen molar-refractivity contribution >= 4 is 17.3 Å². The number of ether oxygens (including phenoxy) is 1. The van der Waals surface area contributed by atoms with Crippen LogP contribution in [0.25, 0.3) is 0 Å². The summed E-state index contributed by atoms with van der Waals surface area (Å²) >= 11 is 0. The summed E-state index contributed by atoms with van der Waals surface area (Å²) < 4.78 is 5.38. The number of carbonyl (C=O) groups excluding carboxylic acids is 1. The Morgan fingerprint density at radius 3 is 2.50 bits per heavy atom. The number of anilines is 2. The normalized spacial score (nSPS) is 16.7. The molecule has 0 bridgehead atoms. The lowest BCUT2D eigenvalue weighted by molar-refractivity contribution is -0.118. The molecule has 0 saturated heterocycles. The smallest absolute Gasteiger partial charge is 0.231 e. The summed E-state index contributed by atoms with van der Waals surface area (Å²) in [5.74, 6) is 0.901. The second kappa shape index (κ2) is 6.19. The highest BCUT2D eigenvalue weighted by Gasteiger charge is 2.35. The average Bonchev–Trinajstić information content (AvgIpc) is 3.46. The fourth-order valence-corrected chi connectivity index (χ4v) is 3.52. The number of amides is 1. The number of hydrogen-bond donors (Lipinski definition) is 0. The first-order valence-corrected chi connectivity index (χ1v) is 8.56. The molecule has 1 aliphatic heterocycles. The molecule has 124 valence electrons. The highest BCUT2D eigenvalue weighted by atomic mass is 16.5. The summed E-state index contributed by atoms with van der Waals surface area (Å²) in [4.78, 5) is 17.3. The minimum atomic E-state index is 0.127. The lowest BCUT2D eigenvalue weighted by Gasteiger charge is -2.38. The van der Waals surface area contributed by atoms with E-state index in [9.17, 15) is 4.79 Å². The van der Waals surface area contributed by atoms with E-state index >= 15 is 0 Å². The Morgan fingerprint density at radius 2 is 1.75 bits per heavy atom. The van der Waals surface area contributed by atoms with E-state index < -0.39 is 0 Å². The SMILES string of the molecule is COc1ccccc1CC(=O)N1CCN(C2CC2)c2ccccc21. The molecule has 2 aromatic carbocycles. The van der Waals surface area contributed by atoms with Crippen LogP contribution in [0.4, 0.5) is 11.4 Å². The van der Waals surface area contributed by atoms with Crippen LogP contribution in [0.3, 0.4) is 0 Å². The van der Waals surface area contributed by atoms with Crippen LogP contribution in [-0.2, 0) is 11.2 Å². The van der Waals surface area contributed by atoms with Crippen molar-refractivity contribution in [1.29, 1.82) is 0 Å². The van der Waals surface area contributed by atoms with Gasteiger partial charge < -0.3 is 14.5 Å². The average molecular weight is 322 g/mol. The van der Waals surface area contributed by atoms with Gasteiger partial charge >= 0.3 is 0 Å². The van der Waals surface area contributed by atoms with Crippen molar-refractivity contribution in [2.75, 3.05) is 30.0 Å². The van der Waals surface area contributed by atoms with Crippen molar-refractivity contribution in [1.82, 2.24) is 0 Å². The molecule has 4 nitrogen and oxygen atoms in total. The van der Waals surface area contributed by atoms with E-state index in [0.29, 0.717) is 12.5 Å². The largest absolute Gasteiger partial charge is 0.496 e. The fourth-order valence-electron chi connectivity index (χ4n) is 3.52. The summed E-state index contributed by atoms with van der Waals surface area (Å²) in [5, 5.41) is 0. The van der Waals surface area contributed by atoms with Crippen LogP contribution in [0.15, 0.2) is 48.5 Å². The van der Waals surface area contributed by atoms with Gasteiger partial charge in [0.25, 0.3) is 0 Å². The third-order valence-electron chi connectivity index (χ3n) is 4.87. The standard InChI is InChI=1S/C20H22N2O2/c1-24-19-9-5-2-6-15(19)14-20(23)22-13-12-21(16-10-11-16)17-7-3-4-8-18(17)22/h2-9,16H,10-14H2,1H3. The topological polar surface area (TPSA) is 32.8 Å². The molecule has 0 atom stereocenters. The molecular formula is C20H22N2O2. The van der Waals surface area contributed by atoms with Crippen molar-refractivity contribution in [3.8, 4) is 5.75 Å². The molecule has 2 aromatic rings. The second-order valence-electron chi connectivity index (χ2n) is 6.45. The van der Waals surface area contributed by atoms with Gasteiger partial charge in [0.1, 0.15) is 5.75 Å². The van der Waals surface area contributed by atoms with E-state index in [0.717, 1.165) is 30.1 Å². The maximum atomic E-state index is 12.9. The Balaban J connectivity index is 1.59. The Kier molecular flexibility index (Phi) is 3.89. The molecule has 0 radical (unpaired) electrons. The van der Waals surface area contributed by atoms with Crippen LogP contribution in [0.2, 0.25) is 0 Å². The molecule has 1 heterocycles. The minimum absolute atomic E-state index is 0.127. The monoisotopic (exact) mass is 322 g/mol. The molecular weight excluding hydrogens is 300 g/mol. The molecule has 1 aliphatic carbocycles. The first-order chi connectivity index (χ1) is 11.8. The highest BCUT2D eigenvalue weighted by molar-refractivity contribution is 5.99. The minimum Gasteiger partial charge on any atom is -0.496 e. The molecule has 0 unspecified atom stereocenters. The van der Waals surface area contributed by atoms with Gasteiger partial charge in [-0.1, -0.05) is 30.3 Å². The van der Waals surface area contributed by atoms with Gasteiger partial charge in [0, 0.05) is 24.7 Å². The Morgan fingerprint density at radius 1 is 1.04 bits per heavy atom. The van der Waals surface area contributed by atoms with Gasteiger partial charge in [-0.3, -0.25) is 4.79 Å². The predicted octanol–water partition coefficient (Wildman–Crippen LogP) is 3.25. The summed E-state index contributed by atoms with van der Waals surface area (Å²) in [7, 11) is 1.65. The number of rotatable bonds is 4. The highest BCUT2D eigenvalue weighted by Crippen LogP contribution is 2.40. The predicted molar refractivity (Wildman–Crippen MR) is 95.9 cm³/mol. The van der Waals surface area contributed by atoms with E-state index in [1.807, 2.05) is 35.2 Å². The van der Waals surface area contributed by atoms with Crippen molar-refractivity contribution in [2.24, 2.45) is 0 Å². The summed E-state index contributed by atoms with van der Waals surface area (Å²) in [6.07, 6.45) is 2.90. The maximum absolute atomic E-state index is 12.9. The fraction of sp³-hybridized carbons (Fsp3) is 0.350. The van der Waals surface area contributed by atoms with E-state index in [2.05, 4.69) is 23.1 Å². The summed E-state index contributed by atoms with van der Waals surface area (Å²) in [5.41, 5.74) is 3.17. The maximum Gasteiger partial charge on any atom is 0.231 e. The molecule has 1 amide bonds. The zero-order valence-corrected chi connectivity index (χ0v) is 13.9. The van der Waals surface area contributed by atoms with Gasteiger partial charge in [0.2, 0.25) is 5.91 Å². The molecule has 24 heavy (non-hydrogen) atoms. The van der Waals surface area contributed by atoms with Gasteiger partial charge in [-0.25, -0.2) is 0 Å². The van der Waals surface area contributed by atoms with Crippen LogP contribution >= 0.6 is 0 Å². The van der Waals surface area contributed by atoms with E-state index in [4.69, 9.17) is 4.74 Å². The summed E-state index contributed by atoms with van der Waals surface area (Å²) in [6, 6.07) is 16.7. The van der Waals surface area contributed by atoms with E-state index in [1.165, 1.54) is 18.5 Å². The van der Waals surface area contributed by atoms with Crippen LogP contribution in [-0.4, -0.2) is 32.1 Å². The zero-order chi connectivity index (χ0) is 16.5. The molecule has 2 aliphatic rings. The van der Waals surface area contributed by atoms with Crippen LogP contribution in [0, 0.1) is 0 Å². The van der Waals surface area contributed by atoms with Crippen molar-refractivity contribution < 1.29 is 9.53 Å². The molecule has 1 fully saturated rings. The van der Waals surface area contributed by atoms with E-state index in [1.54, 1.807) is 7.11 Å². The van der Waals surface area contributed by atoms with Gasteiger partial charge in [-0.15, -0.1) is 0 Å². The van der Waals surface area contributed by atoms with Crippen LogP contribution in [0.1, 0.15) is 18.4 Å². The lowest BCUT2D eigenvalue weighted by atomic mass is 10.1. The zero-order valence-electron chi connectivity index (χ0n) is 13.9. The van der Waals surface area contributed by atoms with Crippen molar-refractivity contribution in [3.63, 3.8) is 0 Å². The number of hydrogen-bond acceptors (Lipinski definition) is 3. The van der Waals surface area contributed by atoms with Crippen molar-refractivity contribution in [3.05, 3.63) is 54.1 Å². The van der Waals surface area contributed by atoms with Gasteiger partial charge in [0.05, 0.1) is 24.9 Å². The number of carbonyl (C=O) groups is 1. The molecule has 0 N–H and O–H groups in total. The molecule has 4 rings (SSSR count). The number of fused-ring (bicyclic) bond motifs is 1. The number of methoxy groups -OCH3 is 1. The van der Waals surface area contributed by atoms with Crippen molar-refractivity contribution in [2.45, 2.75) is 25.3 Å². The van der Waals surface area contributed by atoms with Gasteiger partial charge in [-0.05, 0) is 31.0 Å². The summed E-state index contributed by atoms with van der Waals surface area (Å²) in [6.45, 7) is 1.67. The quantitative estimate of drug-likeness (QED) is 0.866. The number of para-hydroxylation sites is 3. The van der Waals surface area contributed by atoms with Crippen LogP contribution < -0.4 is 14.5 Å². The second-order valence-corrected chi connectivity index (χ2v) is 6.45. The van der Waals surface area contributed by atoms with Gasteiger partial charge in [0.15, 0.2) is 0 Å². The number of benzene rings is 2. The first-order valence-electron chi connectivity index (χ1n) is 8.56. The van der Waals surface area contributed by atoms with Crippen LogP contribution in [0.5, 0.6) is 5.75 Å². The number of nitrogens with zero attached hydrogens (tertiary/aromatic N) is 2. The Hall–Kier alpha value is -2.49. The first kappa shape index (κ1) is 15.1. The lowest BCUT2D eigenvalue weighted by Crippen LogP contribution is -2.45. The van der Waals surface area contributed by atoms with E-state index in [-0.39, 0.29) is 5.91 Å². The van der Waals surface area contributed by atoms with Gasteiger partial charge in [-0.2, -0.15) is 0 Å². The molecule has 4 heteroatoms. The Bertz CT molecular complexity index is 755. The molecule has 1 saturated carbocycles. The third-order valence-corrected chi connectivity index (χ3v) is 4.87. The third kappa shape index (κ3) is 2.73. The molecule has 0 spiro atoms.